The van der Waals surface area contributed by atoms with Crippen LogP contribution in [0, 0.1) is 0 Å². The summed E-state index contributed by atoms with van der Waals surface area (Å²) in [6.07, 6.45) is 6.79. The van der Waals surface area contributed by atoms with Gasteiger partial charge in [0.1, 0.15) is 5.82 Å². The zero-order valence-corrected chi connectivity index (χ0v) is 18.6. The first-order valence-electron chi connectivity index (χ1n) is 10.9. The van der Waals surface area contributed by atoms with Crippen LogP contribution < -0.4 is 4.90 Å². The molecule has 4 rings (SSSR count). The summed E-state index contributed by atoms with van der Waals surface area (Å²) in [5.41, 5.74) is 3.74. The maximum atomic E-state index is 12.7. The van der Waals surface area contributed by atoms with Crippen LogP contribution in [0.1, 0.15) is 41.7 Å². The van der Waals surface area contributed by atoms with E-state index >= 15 is 0 Å². The maximum absolute atomic E-state index is 12.7. The number of benzene rings is 1. The van der Waals surface area contributed by atoms with Gasteiger partial charge in [0.2, 0.25) is 0 Å². The molecule has 2 aromatic heterocycles. The van der Waals surface area contributed by atoms with Crippen molar-refractivity contribution >= 4 is 23.3 Å². The van der Waals surface area contributed by atoms with Gasteiger partial charge in [0.25, 0.3) is 5.91 Å². The number of amides is 1. The molecule has 1 aromatic carbocycles. The molecular formula is C24H28ClN5O. The van der Waals surface area contributed by atoms with Crippen molar-refractivity contribution in [1.82, 2.24) is 20.1 Å². The van der Waals surface area contributed by atoms with Crippen molar-refractivity contribution in [2.45, 2.75) is 32.1 Å². The number of aromatic nitrogens is 3. The van der Waals surface area contributed by atoms with Crippen molar-refractivity contribution in [3.8, 4) is 11.3 Å². The minimum atomic E-state index is 0.0248. The molecule has 1 N–H and O–H groups in total. The third-order valence-corrected chi connectivity index (χ3v) is 5.99. The predicted octanol–water partition coefficient (Wildman–Crippen LogP) is 4.82. The Morgan fingerprint density at radius 2 is 1.94 bits per heavy atom. The van der Waals surface area contributed by atoms with Gasteiger partial charge in [0.15, 0.2) is 0 Å². The Labute approximate surface area is 188 Å². The van der Waals surface area contributed by atoms with Crippen LogP contribution in [0.15, 0.2) is 48.7 Å². The molecule has 0 atom stereocenters. The molecule has 1 aliphatic rings. The second-order valence-corrected chi connectivity index (χ2v) is 8.46. The molecule has 1 saturated heterocycles. The second kappa shape index (κ2) is 9.96. The highest BCUT2D eigenvalue weighted by atomic mass is 35.5. The van der Waals surface area contributed by atoms with Crippen LogP contribution in [-0.4, -0.2) is 52.7 Å². The molecule has 7 heteroatoms. The first-order chi connectivity index (χ1) is 15.1. The molecule has 31 heavy (non-hydrogen) atoms. The lowest BCUT2D eigenvalue weighted by Gasteiger charge is -2.27. The van der Waals surface area contributed by atoms with E-state index in [4.69, 9.17) is 11.6 Å². The Kier molecular flexibility index (Phi) is 6.87. The maximum Gasteiger partial charge on any atom is 0.255 e. The normalized spacial score (nSPS) is 13.9. The van der Waals surface area contributed by atoms with E-state index in [1.807, 2.05) is 35.0 Å². The monoisotopic (exact) mass is 437 g/mol. The highest BCUT2D eigenvalue weighted by Gasteiger charge is 2.20. The minimum absolute atomic E-state index is 0.0248. The van der Waals surface area contributed by atoms with Crippen LogP contribution in [0.4, 0.5) is 5.82 Å². The smallest absolute Gasteiger partial charge is 0.255 e. The van der Waals surface area contributed by atoms with Crippen molar-refractivity contribution < 1.29 is 4.79 Å². The number of piperidine rings is 1. The Morgan fingerprint density at radius 3 is 2.68 bits per heavy atom. The molecule has 0 radical (unpaired) electrons. The number of rotatable bonds is 7. The van der Waals surface area contributed by atoms with Crippen molar-refractivity contribution in [2.75, 3.05) is 31.6 Å². The molecule has 0 bridgehead atoms. The number of pyridine rings is 1. The molecule has 3 aromatic rings. The minimum Gasteiger partial charge on any atom is -0.358 e. The number of hydrogen-bond donors (Lipinski definition) is 1. The van der Waals surface area contributed by atoms with Crippen LogP contribution >= 0.6 is 11.6 Å². The van der Waals surface area contributed by atoms with Gasteiger partial charge >= 0.3 is 0 Å². The van der Waals surface area contributed by atoms with E-state index in [0.29, 0.717) is 16.4 Å². The third kappa shape index (κ3) is 5.25. The fourth-order valence-electron chi connectivity index (χ4n) is 3.97. The average Bonchev–Trinajstić information content (AvgIpc) is 3.28. The first-order valence-corrected chi connectivity index (χ1v) is 11.3. The molecule has 6 nitrogen and oxygen atoms in total. The molecule has 3 heterocycles. The van der Waals surface area contributed by atoms with Gasteiger partial charge in [-0.15, -0.1) is 0 Å². The second-order valence-electron chi connectivity index (χ2n) is 8.05. The van der Waals surface area contributed by atoms with E-state index in [2.05, 4.69) is 33.4 Å². The Hall–Kier alpha value is -2.86. The SMILES string of the molecule is CN(CCCc1cc(-c2ccccc2)n[nH]1)c1ncc(C(=O)N2CCCCC2)cc1Cl. The lowest BCUT2D eigenvalue weighted by atomic mass is 10.1. The van der Waals surface area contributed by atoms with E-state index in [-0.39, 0.29) is 5.91 Å². The van der Waals surface area contributed by atoms with E-state index in [1.165, 1.54) is 6.42 Å². The molecule has 0 spiro atoms. The summed E-state index contributed by atoms with van der Waals surface area (Å²) in [5.74, 6) is 0.725. The lowest BCUT2D eigenvalue weighted by Crippen LogP contribution is -2.35. The standard InChI is InChI=1S/C24H28ClN5O/c1-29(12-8-11-20-16-22(28-27-20)18-9-4-2-5-10-18)23-21(25)15-19(17-26-23)24(31)30-13-6-3-7-14-30/h2,4-5,9-10,15-17H,3,6-8,11-14H2,1H3,(H,27,28). The molecule has 1 aliphatic heterocycles. The van der Waals surface area contributed by atoms with E-state index < -0.39 is 0 Å². The van der Waals surface area contributed by atoms with Gasteiger partial charge in [-0.2, -0.15) is 5.10 Å². The van der Waals surface area contributed by atoms with Crippen molar-refractivity contribution in [1.29, 1.82) is 0 Å². The number of likely N-dealkylation sites (tertiary alicyclic amines) is 1. The topological polar surface area (TPSA) is 65.1 Å². The average molecular weight is 438 g/mol. The molecule has 0 aliphatic carbocycles. The van der Waals surface area contributed by atoms with E-state index in [9.17, 15) is 4.79 Å². The van der Waals surface area contributed by atoms with E-state index in [0.717, 1.165) is 62.3 Å². The number of H-pyrrole nitrogens is 1. The number of nitrogens with one attached hydrogen (secondary N) is 1. The summed E-state index contributed by atoms with van der Waals surface area (Å²) in [7, 11) is 1.97. The molecule has 1 fully saturated rings. The van der Waals surface area contributed by atoms with Gasteiger partial charge in [0.05, 0.1) is 16.3 Å². The summed E-state index contributed by atoms with van der Waals surface area (Å²) in [4.78, 5) is 21.1. The van der Waals surface area contributed by atoms with Crippen LogP contribution in [0.3, 0.4) is 0 Å². The fourth-order valence-corrected chi connectivity index (χ4v) is 4.28. The Balaban J connectivity index is 1.32. The summed E-state index contributed by atoms with van der Waals surface area (Å²) in [5, 5.41) is 8.05. The highest BCUT2D eigenvalue weighted by Crippen LogP contribution is 2.25. The molecule has 0 unspecified atom stereocenters. The highest BCUT2D eigenvalue weighted by molar-refractivity contribution is 6.33. The van der Waals surface area contributed by atoms with Gasteiger partial charge in [-0.05, 0) is 44.2 Å². The van der Waals surface area contributed by atoms with E-state index in [1.54, 1.807) is 12.3 Å². The molecule has 162 valence electrons. The number of anilines is 1. The van der Waals surface area contributed by atoms with Gasteiger partial charge in [-0.3, -0.25) is 9.89 Å². The molecular weight excluding hydrogens is 410 g/mol. The zero-order chi connectivity index (χ0) is 21.6. The molecule has 0 saturated carbocycles. The lowest BCUT2D eigenvalue weighted by molar-refractivity contribution is 0.0724. The predicted molar refractivity (Wildman–Crippen MR) is 125 cm³/mol. The van der Waals surface area contributed by atoms with Crippen molar-refractivity contribution in [3.05, 3.63) is 64.9 Å². The summed E-state index contributed by atoms with van der Waals surface area (Å²) in [6, 6.07) is 14.0. The fraction of sp³-hybridized carbons (Fsp3) is 0.375. The number of aromatic amines is 1. The van der Waals surface area contributed by atoms with Crippen LogP contribution in [0.2, 0.25) is 5.02 Å². The number of carbonyl (C=O) groups excluding carboxylic acids is 1. The van der Waals surface area contributed by atoms with Gasteiger partial charge in [-0.1, -0.05) is 41.9 Å². The Bertz CT molecular complexity index is 1010. The third-order valence-electron chi connectivity index (χ3n) is 5.71. The largest absolute Gasteiger partial charge is 0.358 e. The van der Waals surface area contributed by atoms with Crippen LogP contribution in [0.25, 0.3) is 11.3 Å². The number of hydrogen-bond acceptors (Lipinski definition) is 4. The number of nitrogens with zero attached hydrogens (tertiary/aromatic N) is 4. The number of aryl methyl sites for hydroxylation is 1. The molecule has 1 amide bonds. The van der Waals surface area contributed by atoms with Crippen LogP contribution in [-0.2, 0) is 6.42 Å². The first kappa shape index (κ1) is 21.4. The summed E-state index contributed by atoms with van der Waals surface area (Å²) < 4.78 is 0. The quantitative estimate of drug-likeness (QED) is 0.575. The van der Waals surface area contributed by atoms with Crippen LogP contribution in [0.5, 0.6) is 0 Å². The zero-order valence-electron chi connectivity index (χ0n) is 17.9. The number of halogens is 1. The van der Waals surface area contributed by atoms with Crippen molar-refractivity contribution in [2.24, 2.45) is 0 Å². The summed E-state index contributed by atoms with van der Waals surface area (Å²) >= 11 is 6.48. The van der Waals surface area contributed by atoms with Crippen molar-refractivity contribution in [3.63, 3.8) is 0 Å². The van der Waals surface area contributed by atoms with Gasteiger partial charge in [-0.25, -0.2) is 4.98 Å². The van der Waals surface area contributed by atoms with Gasteiger partial charge in [0, 0.05) is 44.1 Å². The Morgan fingerprint density at radius 1 is 1.16 bits per heavy atom. The summed E-state index contributed by atoms with van der Waals surface area (Å²) in [6.45, 7) is 2.43. The number of carbonyl (C=O) groups is 1. The van der Waals surface area contributed by atoms with Gasteiger partial charge < -0.3 is 9.80 Å².